The second-order valence-corrected chi connectivity index (χ2v) is 4.26. The number of nitrogens with one attached hydrogen (secondary N) is 1. The van der Waals surface area contributed by atoms with Gasteiger partial charge in [0.15, 0.2) is 5.78 Å². The molecule has 0 bridgehead atoms. The number of ketones is 1. The molecule has 19 heavy (non-hydrogen) atoms. The number of methoxy groups -OCH3 is 2. The summed E-state index contributed by atoms with van der Waals surface area (Å²) in [4.78, 5) is 26.1. The minimum absolute atomic E-state index is 0.322. The number of fused-ring (bicyclic) bond motifs is 1. The molecule has 1 aromatic heterocycles. The molecule has 2 rings (SSSR count). The minimum atomic E-state index is -0.585. The number of halogens is 1. The van der Waals surface area contributed by atoms with Crippen molar-refractivity contribution >= 4 is 34.3 Å². The van der Waals surface area contributed by atoms with Crippen LogP contribution in [0.5, 0.6) is 5.75 Å². The number of aromatic nitrogens is 1. The first-order valence-corrected chi connectivity index (χ1v) is 5.90. The van der Waals surface area contributed by atoms with Crippen LogP contribution in [0.15, 0.2) is 18.3 Å². The van der Waals surface area contributed by atoms with E-state index in [9.17, 15) is 9.59 Å². The molecule has 1 aromatic carbocycles. The van der Waals surface area contributed by atoms with E-state index in [0.717, 1.165) is 0 Å². The van der Waals surface area contributed by atoms with Crippen molar-refractivity contribution in [1.29, 1.82) is 0 Å². The zero-order valence-corrected chi connectivity index (χ0v) is 11.2. The minimum Gasteiger partial charge on any atom is -0.495 e. The van der Waals surface area contributed by atoms with E-state index in [1.807, 2.05) is 0 Å². The molecule has 0 spiro atoms. The lowest BCUT2D eigenvalue weighted by molar-refractivity contribution is -0.139. The fraction of sp³-hybridized carbons (Fsp3) is 0.231. The number of H-pyrrole nitrogens is 1. The molecule has 2 aromatic rings. The Morgan fingerprint density at radius 3 is 2.68 bits per heavy atom. The van der Waals surface area contributed by atoms with Crippen LogP contribution in [-0.4, -0.2) is 31.0 Å². The molecule has 6 heteroatoms. The predicted octanol–water partition coefficient (Wildman–Crippen LogP) is 2.58. The Labute approximate surface area is 114 Å². The van der Waals surface area contributed by atoms with Gasteiger partial charge < -0.3 is 14.5 Å². The zero-order valence-electron chi connectivity index (χ0n) is 10.5. The molecule has 0 atom stereocenters. The first kappa shape index (κ1) is 13.4. The predicted molar refractivity (Wildman–Crippen MR) is 70.8 cm³/mol. The van der Waals surface area contributed by atoms with Crippen molar-refractivity contribution in [3.63, 3.8) is 0 Å². The van der Waals surface area contributed by atoms with Gasteiger partial charge in [-0.1, -0.05) is 11.6 Å². The van der Waals surface area contributed by atoms with Gasteiger partial charge in [-0.3, -0.25) is 9.59 Å². The van der Waals surface area contributed by atoms with Crippen molar-refractivity contribution in [3.05, 3.63) is 28.9 Å². The normalized spacial score (nSPS) is 10.5. The summed E-state index contributed by atoms with van der Waals surface area (Å²) in [5, 5.41) is 0.893. The maximum atomic E-state index is 12.0. The van der Waals surface area contributed by atoms with E-state index >= 15 is 0 Å². The number of esters is 1. The molecule has 0 unspecified atom stereocenters. The summed E-state index contributed by atoms with van der Waals surface area (Å²) in [7, 11) is 2.73. The number of Topliss-reactive ketones (excluding diaryl/α,β-unsaturated/α-hetero) is 1. The second kappa shape index (κ2) is 5.32. The van der Waals surface area contributed by atoms with E-state index in [1.54, 1.807) is 12.1 Å². The lowest BCUT2D eigenvalue weighted by Gasteiger charge is -2.05. The van der Waals surface area contributed by atoms with E-state index in [-0.39, 0.29) is 12.2 Å². The summed E-state index contributed by atoms with van der Waals surface area (Å²) in [6, 6.07) is 3.46. The number of carbonyl (C=O) groups is 2. The monoisotopic (exact) mass is 281 g/mol. The Balaban J connectivity index is 2.49. The first-order chi connectivity index (χ1) is 9.08. The third-order valence-electron chi connectivity index (χ3n) is 2.80. The van der Waals surface area contributed by atoms with Crippen LogP contribution in [0.3, 0.4) is 0 Å². The van der Waals surface area contributed by atoms with Gasteiger partial charge in [-0.05, 0) is 12.1 Å². The van der Waals surface area contributed by atoms with E-state index in [4.69, 9.17) is 16.3 Å². The van der Waals surface area contributed by atoms with Crippen LogP contribution in [0.25, 0.3) is 10.9 Å². The molecule has 0 saturated carbocycles. The van der Waals surface area contributed by atoms with E-state index in [1.165, 1.54) is 20.4 Å². The first-order valence-electron chi connectivity index (χ1n) is 5.52. The lowest BCUT2D eigenvalue weighted by atomic mass is 10.1. The molecule has 0 amide bonds. The highest BCUT2D eigenvalue weighted by atomic mass is 35.5. The molecule has 1 heterocycles. The lowest BCUT2D eigenvalue weighted by Crippen LogP contribution is -2.09. The van der Waals surface area contributed by atoms with Crippen LogP contribution in [0.4, 0.5) is 0 Å². The molecule has 0 saturated heterocycles. The summed E-state index contributed by atoms with van der Waals surface area (Å²) in [5.41, 5.74) is 1.06. The van der Waals surface area contributed by atoms with E-state index in [0.29, 0.717) is 27.2 Å². The number of aromatic amines is 1. The molecule has 5 nitrogen and oxygen atoms in total. The number of benzene rings is 1. The third-order valence-corrected chi connectivity index (χ3v) is 3.18. The van der Waals surface area contributed by atoms with Crippen molar-refractivity contribution in [2.24, 2.45) is 0 Å². The standard InChI is InChI=1S/C13H12ClNO4/c1-18-10-4-3-8-12(13(10)14)7(6-15-8)9(16)5-11(17)19-2/h3-4,6,15H,5H2,1-2H3. The van der Waals surface area contributed by atoms with Crippen LogP contribution < -0.4 is 4.74 Å². The quantitative estimate of drug-likeness (QED) is 0.531. The van der Waals surface area contributed by atoms with Crippen molar-refractivity contribution in [3.8, 4) is 5.75 Å². The van der Waals surface area contributed by atoms with Gasteiger partial charge in [0.05, 0.1) is 19.2 Å². The van der Waals surface area contributed by atoms with Gasteiger partial charge in [0, 0.05) is 22.7 Å². The van der Waals surface area contributed by atoms with Crippen molar-refractivity contribution < 1.29 is 19.1 Å². The molecule has 0 aliphatic heterocycles. The maximum absolute atomic E-state index is 12.0. The van der Waals surface area contributed by atoms with Crippen molar-refractivity contribution in [1.82, 2.24) is 4.98 Å². The second-order valence-electron chi connectivity index (χ2n) is 3.88. The van der Waals surface area contributed by atoms with Crippen LogP contribution in [-0.2, 0) is 9.53 Å². The smallest absolute Gasteiger partial charge is 0.313 e. The van der Waals surface area contributed by atoms with Gasteiger partial charge in [0.2, 0.25) is 0 Å². The van der Waals surface area contributed by atoms with Gasteiger partial charge in [-0.25, -0.2) is 0 Å². The Hall–Kier alpha value is -2.01. The highest BCUT2D eigenvalue weighted by molar-refractivity contribution is 6.38. The molecular weight excluding hydrogens is 270 g/mol. The topological polar surface area (TPSA) is 68.4 Å². The molecule has 1 N–H and O–H groups in total. The Kier molecular flexibility index (Phi) is 3.76. The summed E-state index contributed by atoms with van der Waals surface area (Å²) in [5.74, 6) is -0.465. The fourth-order valence-electron chi connectivity index (χ4n) is 1.84. The maximum Gasteiger partial charge on any atom is 0.313 e. The Bertz CT molecular complexity index is 647. The summed E-state index contributed by atoms with van der Waals surface area (Å²) >= 11 is 6.19. The number of rotatable bonds is 4. The number of hydrogen-bond acceptors (Lipinski definition) is 4. The molecule has 0 aliphatic rings. The van der Waals surface area contributed by atoms with E-state index < -0.39 is 5.97 Å². The average molecular weight is 282 g/mol. The molecular formula is C13H12ClNO4. The summed E-state index contributed by atoms with van der Waals surface area (Å²) in [6.45, 7) is 0. The number of carbonyl (C=O) groups excluding carboxylic acids is 2. The van der Waals surface area contributed by atoms with Gasteiger partial charge in [0.1, 0.15) is 12.2 Å². The van der Waals surface area contributed by atoms with Crippen molar-refractivity contribution in [2.75, 3.05) is 14.2 Å². The molecule has 100 valence electrons. The highest BCUT2D eigenvalue weighted by Crippen LogP contribution is 2.35. The molecule has 0 aliphatic carbocycles. The molecule has 0 fully saturated rings. The zero-order chi connectivity index (χ0) is 14.0. The largest absolute Gasteiger partial charge is 0.495 e. The average Bonchev–Trinajstić information content (AvgIpc) is 2.83. The van der Waals surface area contributed by atoms with Gasteiger partial charge in [-0.15, -0.1) is 0 Å². The van der Waals surface area contributed by atoms with Crippen LogP contribution in [0.2, 0.25) is 5.02 Å². The summed E-state index contributed by atoms with van der Waals surface area (Å²) in [6.07, 6.45) is 1.21. The Morgan fingerprint density at radius 1 is 1.32 bits per heavy atom. The van der Waals surface area contributed by atoms with Gasteiger partial charge in [-0.2, -0.15) is 0 Å². The van der Waals surface area contributed by atoms with Gasteiger partial charge >= 0.3 is 5.97 Å². The van der Waals surface area contributed by atoms with Crippen LogP contribution in [0, 0.1) is 0 Å². The van der Waals surface area contributed by atoms with Crippen molar-refractivity contribution in [2.45, 2.75) is 6.42 Å². The fourth-order valence-corrected chi connectivity index (χ4v) is 2.18. The van der Waals surface area contributed by atoms with Crippen LogP contribution in [0.1, 0.15) is 16.8 Å². The van der Waals surface area contributed by atoms with E-state index in [2.05, 4.69) is 9.72 Å². The number of hydrogen-bond donors (Lipinski definition) is 1. The van der Waals surface area contributed by atoms with Crippen LogP contribution >= 0.6 is 11.6 Å². The van der Waals surface area contributed by atoms with Gasteiger partial charge in [0.25, 0.3) is 0 Å². The Morgan fingerprint density at radius 2 is 2.05 bits per heavy atom. The summed E-state index contributed by atoms with van der Waals surface area (Å²) < 4.78 is 9.59. The highest BCUT2D eigenvalue weighted by Gasteiger charge is 2.19. The third kappa shape index (κ3) is 2.42. The number of ether oxygens (including phenoxy) is 2. The SMILES string of the molecule is COC(=O)CC(=O)c1c[nH]c2ccc(OC)c(Cl)c12. The molecule has 0 radical (unpaired) electrons.